The van der Waals surface area contributed by atoms with Crippen molar-refractivity contribution in [2.75, 3.05) is 19.0 Å². The van der Waals surface area contributed by atoms with Gasteiger partial charge in [-0.25, -0.2) is 4.39 Å². The summed E-state index contributed by atoms with van der Waals surface area (Å²) in [5.41, 5.74) is 4.60. The summed E-state index contributed by atoms with van der Waals surface area (Å²) >= 11 is 0. The molecule has 0 aliphatic rings. The minimum absolute atomic E-state index is 0.191. The Labute approximate surface area is 120 Å². The van der Waals surface area contributed by atoms with Crippen LogP contribution >= 0.6 is 0 Å². The molecule has 0 spiro atoms. The smallest absolute Gasteiger partial charge is 0.123 e. The number of aryl methyl sites for hydroxylation is 1. The molecule has 2 aromatic carbocycles. The van der Waals surface area contributed by atoms with Gasteiger partial charge in [0.1, 0.15) is 5.82 Å². The summed E-state index contributed by atoms with van der Waals surface area (Å²) < 4.78 is 13.4. The molecule has 0 amide bonds. The van der Waals surface area contributed by atoms with Crippen molar-refractivity contribution < 1.29 is 4.39 Å². The van der Waals surface area contributed by atoms with Gasteiger partial charge in [-0.2, -0.15) is 0 Å². The van der Waals surface area contributed by atoms with E-state index in [0.717, 1.165) is 17.8 Å². The van der Waals surface area contributed by atoms with Crippen molar-refractivity contribution in [3.8, 4) is 0 Å². The fourth-order valence-electron chi connectivity index (χ4n) is 2.39. The van der Waals surface area contributed by atoms with E-state index in [1.807, 2.05) is 26.2 Å². The second kappa shape index (κ2) is 6.53. The number of nitrogens with zero attached hydrogens (tertiary/aromatic N) is 1. The zero-order valence-electron chi connectivity index (χ0n) is 12.3. The molecule has 2 nitrogen and oxygen atoms in total. The average molecular weight is 272 g/mol. The molecule has 0 saturated heterocycles. The van der Waals surface area contributed by atoms with Crippen LogP contribution in [0.4, 0.5) is 10.1 Å². The van der Waals surface area contributed by atoms with Crippen LogP contribution < -0.4 is 10.2 Å². The number of anilines is 1. The van der Waals surface area contributed by atoms with Crippen molar-refractivity contribution >= 4 is 5.69 Å². The molecule has 0 fully saturated rings. The summed E-state index contributed by atoms with van der Waals surface area (Å²) in [6, 6.07) is 13.3. The molecule has 0 saturated carbocycles. The number of hydrogen-bond donors (Lipinski definition) is 1. The van der Waals surface area contributed by atoms with E-state index in [1.165, 1.54) is 17.2 Å². The maximum Gasteiger partial charge on any atom is 0.123 e. The van der Waals surface area contributed by atoms with Crippen molar-refractivity contribution in [2.45, 2.75) is 20.0 Å². The predicted octanol–water partition coefficient (Wildman–Crippen LogP) is 3.49. The molecule has 0 bridgehead atoms. The molecule has 20 heavy (non-hydrogen) atoms. The molecule has 0 atom stereocenters. The second-order valence-corrected chi connectivity index (χ2v) is 5.09. The van der Waals surface area contributed by atoms with Gasteiger partial charge in [-0.05, 0) is 48.9 Å². The lowest BCUT2D eigenvalue weighted by molar-refractivity contribution is 0.623. The van der Waals surface area contributed by atoms with E-state index in [2.05, 4.69) is 35.3 Å². The first-order valence-corrected chi connectivity index (χ1v) is 6.80. The van der Waals surface area contributed by atoms with E-state index >= 15 is 0 Å². The van der Waals surface area contributed by atoms with Crippen molar-refractivity contribution in [1.82, 2.24) is 5.32 Å². The standard InChI is InChI=1S/C17H21FN2/c1-13-6-4-5-7-14(13)12-20(3)17-9-8-16(18)10-15(17)11-19-2/h4-10,19H,11-12H2,1-3H3. The normalized spacial score (nSPS) is 10.6. The number of nitrogens with one attached hydrogen (secondary N) is 1. The SMILES string of the molecule is CNCc1cc(F)ccc1N(C)Cc1ccccc1C. The monoisotopic (exact) mass is 272 g/mol. The van der Waals surface area contributed by atoms with Gasteiger partial charge in [0.05, 0.1) is 0 Å². The number of halogens is 1. The Hall–Kier alpha value is -1.87. The van der Waals surface area contributed by atoms with E-state index < -0.39 is 0 Å². The summed E-state index contributed by atoms with van der Waals surface area (Å²) in [5.74, 6) is -0.191. The average Bonchev–Trinajstić information content (AvgIpc) is 2.42. The second-order valence-electron chi connectivity index (χ2n) is 5.09. The van der Waals surface area contributed by atoms with Crippen LogP contribution in [0.25, 0.3) is 0 Å². The van der Waals surface area contributed by atoms with E-state index in [0.29, 0.717) is 6.54 Å². The minimum atomic E-state index is -0.191. The molecule has 2 rings (SSSR count). The first kappa shape index (κ1) is 14.5. The summed E-state index contributed by atoms with van der Waals surface area (Å²) in [7, 11) is 3.91. The van der Waals surface area contributed by atoms with Crippen LogP contribution in [-0.2, 0) is 13.1 Å². The van der Waals surface area contributed by atoms with Crippen molar-refractivity contribution in [3.05, 3.63) is 65.0 Å². The molecule has 0 radical (unpaired) electrons. The van der Waals surface area contributed by atoms with Gasteiger partial charge in [0.25, 0.3) is 0 Å². The molecule has 0 heterocycles. The highest BCUT2D eigenvalue weighted by Gasteiger charge is 2.09. The quantitative estimate of drug-likeness (QED) is 0.896. The van der Waals surface area contributed by atoms with Crippen molar-refractivity contribution in [2.24, 2.45) is 0 Å². The molecule has 0 unspecified atom stereocenters. The van der Waals surface area contributed by atoms with Crippen molar-refractivity contribution in [3.63, 3.8) is 0 Å². The largest absolute Gasteiger partial charge is 0.370 e. The van der Waals surface area contributed by atoms with Crippen LogP contribution in [0.15, 0.2) is 42.5 Å². The zero-order chi connectivity index (χ0) is 14.5. The third kappa shape index (κ3) is 3.36. The molecule has 2 aromatic rings. The number of rotatable bonds is 5. The Morgan fingerprint density at radius 3 is 2.55 bits per heavy atom. The number of hydrogen-bond acceptors (Lipinski definition) is 2. The third-order valence-electron chi connectivity index (χ3n) is 3.49. The van der Waals surface area contributed by atoms with E-state index in [1.54, 1.807) is 6.07 Å². The summed E-state index contributed by atoms with van der Waals surface area (Å²) in [4.78, 5) is 2.16. The third-order valence-corrected chi connectivity index (χ3v) is 3.49. The maximum atomic E-state index is 13.4. The van der Waals surface area contributed by atoms with Gasteiger partial charge in [0.15, 0.2) is 0 Å². The Kier molecular flexibility index (Phi) is 4.74. The van der Waals surface area contributed by atoms with Crippen LogP contribution in [0.2, 0.25) is 0 Å². The Morgan fingerprint density at radius 2 is 1.85 bits per heavy atom. The molecule has 0 aromatic heterocycles. The minimum Gasteiger partial charge on any atom is -0.370 e. The highest BCUT2D eigenvalue weighted by molar-refractivity contribution is 5.54. The summed E-state index contributed by atoms with van der Waals surface area (Å²) in [6.45, 7) is 3.59. The van der Waals surface area contributed by atoms with Crippen molar-refractivity contribution in [1.29, 1.82) is 0 Å². The summed E-state index contributed by atoms with van der Waals surface area (Å²) in [6.07, 6.45) is 0. The highest BCUT2D eigenvalue weighted by Crippen LogP contribution is 2.23. The Balaban J connectivity index is 2.25. The molecule has 3 heteroatoms. The number of benzene rings is 2. The first-order chi connectivity index (χ1) is 9.61. The molecule has 0 aliphatic carbocycles. The zero-order valence-corrected chi connectivity index (χ0v) is 12.3. The fourth-order valence-corrected chi connectivity index (χ4v) is 2.39. The van der Waals surface area contributed by atoms with Gasteiger partial charge in [-0.3, -0.25) is 0 Å². The predicted molar refractivity (Wildman–Crippen MR) is 82.4 cm³/mol. The van der Waals surface area contributed by atoms with E-state index in [9.17, 15) is 4.39 Å². The molecular weight excluding hydrogens is 251 g/mol. The topological polar surface area (TPSA) is 15.3 Å². The van der Waals surface area contributed by atoms with Crippen LogP contribution in [0.3, 0.4) is 0 Å². The van der Waals surface area contributed by atoms with Crippen LogP contribution in [0.5, 0.6) is 0 Å². The fraction of sp³-hybridized carbons (Fsp3) is 0.294. The summed E-state index contributed by atoms with van der Waals surface area (Å²) in [5, 5.41) is 3.09. The maximum absolute atomic E-state index is 13.4. The van der Waals surface area contributed by atoms with Crippen LogP contribution in [0, 0.1) is 12.7 Å². The Bertz CT molecular complexity index is 581. The highest BCUT2D eigenvalue weighted by atomic mass is 19.1. The molecule has 0 aliphatic heterocycles. The van der Waals surface area contributed by atoms with Gasteiger partial charge in [-0.1, -0.05) is 24.3 Å². The lowest BCUT2D eigenvalue weighted by Crippen LogP contribution is -2.20. The van der Waals surface area contributed by atoms with Crippen LogP contribution in [0.1, 0.15) is 16.7 Å². The molecular formula is C17H21FN2. The lowest BCUT2D eigenvalue weighted by Gasteiger charge is -2.23. The molecule has 1 N–H and O–H groups in total. The van der Waals surface area contributed by atoms with Gasteiger partial charge in [0, 0.05) is 25.8 Å². The van der Waals surface area contributed by atoms with Gasteiger partial charge in [-0.15, -0.1) is 0 Å². The van der Waals surface area contributed by atoms with E-state index in [-0.39, 0.29) is 5.82 Å². The first-order valence-electron chi connectivity index (χ1n) is 6.80. The lowest BCUT2D eigenvalue weighted by atomic mass is 10.1. The van der Waals surface area contributed by atoms with Gasteiger partial charge >= 0.3 is 0 Å². The van der Waals surface area contributed by atoms with E-state index in [4.69, 9.17) is 0 Å². The van der Waals surface area contributed by atoms with Gasteiger partial charge in [0.2, 0.25) is 0 Å². The van der Waals surface area contributed by atoms with Gasteiger partial charge < -0.3 is 10.2 Å². The Morgan fingerprint density at radius 1 is 1.10 bits per heavy atom. The van der Waals surface area contributed by atoms with Crippen LogP contribution in [-0.4, -0.2) is 14.1 Å². The molecule has 106 valence electrons.